The van der Waals surface area contributed by atoms with Crippen molar-refractivity contribution in [1.29, 1.82) is 0 Å². The number of tetrazole rings is 1. The molecule has 3 N–H and O–H groups in total. The van der Waals surface area contributed by atoms with Gasteiger partial charge in [-0.05, 0) is 13.8 Å². The number of likely N-dealkylation sites (N-methyl/N-ethyl adjacent to an activating group) is 1. The number of carbonyl (C=O) groups excluding carboxylic acids is 1. The van der Waals surface area contributed by atoms with Crippen LogP contribution < -0.4 is 5.32 Å². The summed E-state index contributed by atoms with van der Waals surface area (Å²) in [7, 11) is 1.40. The molecule has 1 aromatic rings. The molecule has 0 spiro atoms. The van der Waals surface area contributed by atoms with Crippen LogP contribution in [-0.4, -0.2) is 55.2 Å². The van der Waals surface area contributed by atoms with Crippen molar-refractivity contribution in [2.75, 3.05) is 7.05 Å². The number of H-pyrrole nitrogens is 1. The van der Waals surface area contributed by atoms with Crippen LogP contribution >= 0.6 is 0 Å². The number of hydrogen-bond acceptors (Lipinski definition) is 5. The number of urea groups is 1. The lowest BCUT2D eigenvalue weighted by Gasteiger charge is -2.31. The standard InChI is InChI=1S/C8H14N6O3/c1-8(2,6(15)16)14(3)7(17)9-4-5-10-12-13-11-5/h4H2,1-3H3,(H,9,17)(H,15,16)(H,10,11,12,13). The van der Waals surface area contributed by atoms with Crippen LogP contribution in [0.25, 0.3) is 0 Å². The largest absolute Gasteiger partial charge is 0.480 e. The summed E-state index contributed by atoms with van der Waals surface area (Å²) < 4.78 is 0. The van der Waals surface area contributed by atoms with E-state index in [1.807, 2.05) is 0 Å². The molecule has 1 heterocycles. The Morgan fingerprint density at radius 3 is 2.65 bits per heavy atom. The molecule has 0 atom stereocenters. The first-order valence-corrected chi connectivity index (χ1v) is 4.83. The molecule has 0 aliphatic carbocycles. The number of carboxylic acids is 1. The van der Waals surface area contributed by atoms with Crippen LogP contribution in [0.15, 0.2) is 0 Å². The van der Waals surface area contributed by atoms with Crippen LogP contribution in [0.1, 0.15) is 19.7 Å². The Hall–Kier alpha value is -2.19. The van der Waals surface area contributed by atoms with Gasteiger partial charge in [-0.15, -0.1) is 10.2 Å². The van der Waals surface area contributed by atoms with Crippen LogP contribution in [0.5, 0.6) is 0 Å². The zero-order chi connectivity index (χ0) is 13.1. The summed E-state index contributed by atoms with van der Waals surface area (Å²) in [6, 6.07) is -0.526. The third kappa shape index (κ3) is 2.89. The van der Waals surface area contributed by atoms with Crippen LogP contribution in [0, 0.1) is 0 Å². The van der Waals surface area contributed by atoms with Crippen molar-refractivity contribution < 1.29 is 14.7 Å². The molecule has 1 aromatic heterocycles. The molecule has 0 aliphatic rings. The van der Waals surface area contributed by atoms with Crippen molar-refractivity contribution in [2.45, 2.75) is 25.9 Å². The smallest absolute Gasteiger partial charge is 0.329 e. The molecule has 0 unspecified atom stereocenters. The third-order valence-corrected chi connectivity index (χ3v) is 2.45. The van der Waals surface area contributed by atoms with Gasteiger partial charge in [0.25, 0.3) is 0 Å². The highest BCUT2D eigenvalue weighted by atomic mass is 16.4. The van der Waals surface area contributed by atoms with E-state index in [0.29, 0.717) is 5.82 Å². The van der Waals surface area contributed by atoms with E-state index in [2.05, 4.69) is 25.9 Å². The van der Waals surface area contributed by atoms with Crippen molar-refractivity contribution in [3.05, 3.63) is 5.82 Å². The Kier molecular flexibility index (Phi) is 3.61. The number of aromatic amines is 1. The molecular weight excluding hydrogens is 228 g/mol. The molecule has 0 saturated carbocycles. The zero-order valence-electron chi connectivity index (χ0n) is 9.76. The molecule has 0 fully saturated rings. The number of aliphatic carboxylic acids is 1. The molecule has 1 rings (SSSR count). The lowest BCUT2D eigenvalue weighted by molar-refractivity contribution is -0.146. The first-order chi connectivity index (χ1) is 7.85. The topological polar surface area (TPSA) is 124 Å². The van der Waals surface area contributed by atoms with Crippen molar-refractivity contribution >= 4 is 12.0 Å². The summed E-state index contributed by atoms with van der Waals surface area (Å²) in [6.45, 7) is 2.95. The maximum atomic E-state index is 11.7. The van der Waals surface area contributed by atoms with Gasteiger partial charge in [-0.25, -0.2) is 9.59 Å². The summed E-state index contributed by atoms with van der Waals surface area (Å²) in [6.07, 6.45) is 0. The monoisotopic (exact) mass is 242 g/mol. The van der Waals surface area contributed by atoms with E-state index in [9.17, 15) is 9.59 Å². The number of hydrogen-bond donors (Lipinski definition) is 3. The van der Waals surface area contributed by atoms with E-state index >= 15 is 0 Å². The minimum Gasteiger partial charge on any atom is -0.480 e. The first kappa shape index (κ1) is 12.9. The summed E-state index contributed by atoms with van der Waals surface area (Å²) in [5, 5.41) is 24.3. The molecule has 9 heteroatoms. The Labute approximate surface area is 97.2 Å². The van der Waals surface area contributed by atoms with Crippen molar-refractivity contribution in [3.63, 3.8) is 0 Å². The summed E-state index contributed by atoms with van der Waals surface area (Å²) in [5.74, 6) is -0.769. The fourth-order valence-corrected chi connectivity index (χ4v) is 0.928. The Morgan fingerprint density at radius 2 is 2.18 bits per heavy atom. The van der Waals surface area contributed by atoms with Gasteiger partial charge in [-0.3, -0.25) is 0 Å². The van der Waals surface area contributed by atoms with Crippen LogP contribution in [0.4, 0.5) is 4.79 Å². The molecule has 0 aromatic carbocycles. The number of nitrogens with one attached hydrogen (secondary N) is 2. The molecule has 94 valence electrons. The SMILES string of the molecule is CN(C(=O)NCc1nn[nH]n1)C(C)(C)C(=O)O. The zero-order valence-corrected chi connectivity index (χ0v) is 9.76. The van der Waals surface area contributed by atoms with Gasteiger partial charge in [-0.1, -0.05) is 5.21 Å². The minimum absolute atomic E-state index is 0.0787. The summed E-state index contributed by atoms with van der Waals surface area (Å²) in [4.78, 5) is 23.7. The maximum Gasteiger partial charge on any atom is 0.329 e. The first-order valence-electron chi connectivity index (χ1n) is 4.83. The lowest BCUT2D eigenvalue weighted by atomic mass is 10.1. The van der Waals surface area contributed by atoms with Gasteiger partial charge < -0.3 is 15.3 Å². The fraction of sp³-hybridized carbons (Fsp3) is 0.625. The molecule has 0 aliphatic heterocycles. The van der Waals surface area contributed by atoms with Gasteiger partial charge in [0.2, 0.25) is 0 Å². The van der Waals surface area contributed by atoms with Crippen LogP contribution in [0.3, 0.4) is 0 Å². The van der Waals surface area contributed by atoms with Gasteiger partial charge in [0.15, 0.2) is 5.82 Å². The van der Waals surface area contributed by atoms with Gasteiger partial charge >= 0.3 is 12.0 Å². The predicted octanol–water partition coefficient (Wildman–Crippen LogP) is -0.796. The van der Waals surface area contributed by atoms with Crippen LogP contribution in [-0.2, 0) is 11.3 Å². The lowest BCUT2D eigenvalue weighted by Crippen LogP contribution is -2.53. The number of carboxylic acid groups (broad SMARTS) is 1. The fourth-order valence-electron chi connectivity index (χ4n) is 0.928. The molecule has 17 heavy (non-hydrogen) atoms. The molecular formula is C8H14N6O3. The molecule has 9 nitrogen and oxygen atoms in total. The summed E-state index contributed by atoms with van der Waals surface area (Å²) in [5.41, 5.74) is -1.29. The Morgan fingerprint density at radius 1 is 1.53 bits per heavy atom. The minimum atomic E-state index is -1.29. The number of nitrogens with zero attached hydrogens (tertiary/aromatic N) is 4. The molecule has 0 saturated heterocycles. The average molecular weight is 242 g/mol. The van der Waals surface area contributed by atoms with E-state index in [1.54, 1.807) is 0 Å². The highest BCUT2D eigenvalue weighted by Gasteiger charge is 2.35. The highest BCUT2D eigenvalue weighted by molar-refractivity contribution is 5.85. The van der Waals surface area contributed by atoms with Gasteiger partial charge in [0.05, 0.1) is 6.54 Å². The highest BCUT2D eigenvalue weighted by Crippen LogP contribution is 2.12. The number of carbonyl (C=O) groups is 2. The average Bonchev–Trinajstić information content (AvgIpc) is 2.77. The van der Waals surface area contributed by atoms with Gasteiger partial charge in [-0.2, -0.15) is 5.21 Å². The second-order valence-corrected chi connectivity index (χ2v) is 3.91. The van der Waals surface area contributed by atoms with Crippen LogP contribution in [0.2, 0.25) is 0 Å². The van der Waals surface area contributed by atoms with E-state index in [0.717, 1.165) is 4.90 Å². The number of rotatable bonds is 4. The maximum absolute atomic E-state index is 11.7. The Bertz CT molecular complexity index is 401. The second kappa shape index (κ2) is 4.76. The van der Waals surface area contributed by atoms with E-state index in [1.165, 1.54) is 20.9 Å². The van der Waals surface area contributed by atoms with Crippen molar-refractivity contribution in [1.82, 2.24) is 30.8 Å². The molecule has 0 radical (unpaired) electrons. The second-order valence-electron chi connectivity index (χ2n) is 3.91. The van der Waals surface area contributed by atoms with Crippen molar-refractivity contribution in [2.24, 2.45) is 0 Å². The summed E-state index contributed by atoms with van der Waals surface area (Å²) >= 11 is 0. The predicted molar refractivity (Wildman–Crippen MR) is 55.9 cm³/mol. The number of amides is 2. The van der Waals surface area contributed by atoms with Gasteiger partial charge in [0, 0.05) is 7.05 Å². The quantitative estimate of drug-likeness (QED) is 0.635. The molecule has 0 bridgehead atoms. The van der Waals surface area contributed by atoms with E-state index in [-0.39, 0.29) is 6.54 Å². The van der Waals surface area contributed by atoms with E-state index in [4.69, 9.17) is 5.11 Å². The van der Waals surface area contributed by atoms with Gasteiger partial charge in [0.1, 0.15) is 5.54 Å². The normalized spacial score (nSPS) is 11.0. The number of aromatic nitrogens is 4. The van der Waals surface area contributed by atoms with E-state index < -0.39 is 17.5 Å². The van der Waals surface area contributed by atoms with Crippen molar-refractivity contribution in [3.8, 4) is 0 Å². The third-order valence-electron chi connectivity index (χ3n) is 2.45. The Balaban J connectivity index is 2.56. The molecule has 2 amide bonds.